The van der Waals surface area contributed by atoms with E-state index in [9.17, 15) is 13.6 Å². The van der Waals surface area contributed by atoms with E-state index in [4.69, 9.17) is 0 Å². The normalized spacial score (nSPS) is 10.9. The highest BCUT2D eigenvalue weighted by molar-refractivity contribution is 5.93. The average Bonchev–Trinajstić information content (AvgIpc) is 2.82. The minimum Gasteiger partial charge on any atom is -0.309 e. The van der Waals surface area contributed by atoms with Crippen LogP contribution in [0, 0.1) is 11.6 Å². The largest absolute Gasteiger partial charge is 0.309 e. The van der Waals surface area contributed by atoms with Crippen LogP contribution in [0.2, 0.25) is 0 Å². The van der Waals surface area contributed by atoms with Crippen LogP contribution in [0.25, 0.3) is 23.4 Å². The van der Waals surface area contributed by atoms with Crippen molar-refractivity contribution < 1.29 is 13.6 Å². The Bertz CT molecular complexity index is 1260. The Balaban J connectivity index is 1.61. The average molecular weight is 427 g/mol. The number of rotatable bonds is 6. The Morgan fingerprint density at radius 3 is 2.31 bits per heavy atom. The lowest BCUT2D eigenvalue weighted by atomic mass is 10.1. The summed E-state index contributed by atoms with van der Waals surface area (Å²) in [5, 5.41) is 2.73. The summed E-state index contributed by atoms with van der Waals surface area (Å²) >= 11 is 0. The van der Waals surface area contributed by atoms with E-state index in [1.165, 1.54) is 6.07 Å². The molecule has 4 aromatic rings. The number of nitrogens with zero attached hydrogens (tertiary/aromatic N) is 2. The Labute approximate surface area is 184 Å². The molecule has 1 N–H and O–H groups in total. The molecule has 1 amide bonds. The third-order valence-corrected chi connectivity index (χ3v) is 4.71. The predicted molar refractivity (Wildman–Crippen MR) is 122 cm³/mol. The molecule has 158 valence electrons. The highest BCUT2D eigenvalue weighted by atomic mass is 19.2. The van der Waals surface area contributed by atoms with Crippen LogP contribution in [0.5, 0.6) is 0 Å². The van der Waals surface area contributed by atoms with Gasteiger partial charge >= 0.3 is 0 Å². The zero-order valence-corrected chi connectivity index (χ0v) is 17.0. The second-order valence-electron chi connectivity index (χ2n) is 7.07. The zero-order valence-electron chi connectivity index (χ0n) is 17.0. The van der Waals surface area contributed by atoms with E-state index >= 15 is 0 Å². The molecule has 0 aliphatic rings. The van der Waals surface area contributed by atoms with Gasteiger partial charge in [-0.15, -0.1) is 0 Å². The van der Waals surface area contributed by atoms with E-state index in [1.54, 1.807) is 12.3 Å². The molecule has 0 saturated heterocycles. The molecule has 0 saturated carbocycles. The molecule has 6 heteroatoms. The third kappa shape index (κ3) is 5.29. The summed E-state index contributed by atoms with van der Waals surface area (Å²) in [6.07, 6.45) is 5.12. The number of hydrogen-bond donors (Lipinski definition) is 1. The number of aromatic nitrogens is 2. The fraction of sp³-hybridized carbons (Fsp3) is 0.0385. The van der Waals surface area contributed by atoms with Crippen LogP contribution in [0.3, 0.4) is 0 Å². The Hall–Kier alpha value is -4.19. The second kappa shape index (κ2) is 9.75. The van der Waals surface area contributed by atoms with Gasteiger partial charge in [0.15, 0.2) is 17.5 Å². The minimum absolute atomic E-state index is 0.124. The lowest BCUT2D eigenvalue weighted by molar-refractivity contribution is -0.115. The fourth-order valence-corrected chi connectivity index (χ4v) is 3.11. The van der Waals surface area contributed by atoms with E-state index in [-0.39, 0.29) is 12.2 Å². The maximum atomic E-state index is 13.4. The molecule has 1 heterocycles. The van der Waals surface area contributed by atoms with Crippen molar-refractivity contribution in [1.82, 2.24) is 9.97 Å². The fourth-order valence-electron chi connectivity index (χ4n) is 3.11. The number of hydrogen-bond acceptors (Lipinski definition) is 3. The van der Waals surface area contributed by atoms with Gasteiger partial charge < -0.3 is 5.32 Å². The molecule has 0 fully saturated rings. The number of benzene rings is 3. The van der Waals surface area contributed by atoms with Crippen LogP contribution in [-0.2, 0) is 11.2 Å². The quantitative estimate of drug-likeness (QED) is 0.425. The van der Waals surface area contributed by atoms with Gasteiger partial charge in [-0.25, -0.2) is 18.7 Å². The number of halogens is 2. The first-order valence-corrected chi connectivity index (χ1v) is 9.98. The van der Waals surface area contributed by atoms with Gasteiger partial charge in [0.05, 0.1) is 18.3 Å². The summed E-state index contributed by atoms with van der Waals surface area (Å²) in [6.45, 7) is 0. The van der Waals surface area contributed by atoms with Crippen molar-refractivity contribution in [2.75, 3.05) is 5.32 Å². The Kier molecular flexibility index (Phi) is 6.41. The molecule has 1 aromatic heterocycles. The first-order chi connectivity index (χ1) is 15.6. The summed E-state index contributed by atoms with van der Waals surface area (Å²) in [7, 11) is 0. The van der Waals surface area contributed by atoms with Crippen LogP contribution < -0.4 is 5.32 Å². The van der Waals surface area contributed by atoms with Crippen molar-refractivity contribution in [2.24, 2.45) is 0 Å². The molecule has 32 heavy (non-hydrogen) atoms. The van der Waals surface area contributed by atoms with Crippen molar-refractivity contribution in [3.63, 3.8) is 0 Å². The number of amides is 1. The van der Waals surface area contributed by atoms with E-state index in [1.807, 2.05) is 66.7 Å². The first-order valence-electron chi connectivity index (χ1n) is 9.98. The lowest BCUT2D eigenvalue weighted by Crippen LogP contribution is -2.17. The molecule has 0 atom stereocenters. The van der Waals surface area contributed by atoms with Crippen LogP contribution >= 0.6 is 0 Å². The van der Waals surface area contributed by atoms with Gasteiger partial charge in [0.1, 0.15) is 5.69 Å². The van der Waals surface area contributed by atoms with Crippen LogP contribution in [0.1, 0.15) is 16.8 Å². The number of anilines is 1. The van der Waals surface area contributed by atoms with E-state index < -0.39 is 17.5 Å². The predicted octanol–water partition coefficient (Wildman–Crippen LogP) is 5.77. The van der Waals surface area contributed by atoms with E-state index in [0.29, 0.717) is 17.0 Å². The monoisotopic (exact) mass is 427 g/mol. The number of nitrogens with one attached hydrogen (secondary N) is 1. The highest BCUT2D eigenvalue weighted by Gasteiger charge is 2.12. The van der Waals surface area contributed by atoms with Gasteiger partial charge in [-0.05, 0) is 29.3 Å². The molecule has 0 bridgehead atoms. The molecule has 3 aromatic carbocycles. The standard InChI is InChI=1S/C26H19F2N3O/c27-21-13-11-19(15-22(21)28)16-25(32)31-26-23(14-12-18-7-3-1-4-8-18)30-24(17-29-26)20-9-5-2-6-10-20/h1-15,17H,16H2,(H,29,31,32)/b14-12+. The summed E-state index contributed by atoms with van der Waals surface area (Å²) in [5.74, 6) is -2.07. The van der Waals surface area contributed by atoms with Crippen LogP contribution in [0.15, 0.2) is 85.1 Å². The van der Waals surface area contributed by atoms with Gasteiger partial charge in [-0.3, -0.25) is 4.79 Å². The smallest absolute Gasteiger partial charge is 0.230 e. The van der Waals surface area contributed by atoms with E-state index in [0.717, 1.165) is 23.3 Å². The van der Waals surface area contributed by atoms with E-state index in [2.05, 4.69) is 15.3 Å². The summed E-state index contributed by atoms with van der Waals surface area (Å²) in [5.41, 5.74) is 3.37. The first kappa shape index (κ1) is 21.1. The zero-order chi connectivity index (χ0) is 22.3. The van der Waals surface area contributed by atoms with Crippen molar-refractivity contribution in [2.45, 2.75) is 6.42 Å². The third-order valence-electron chi connectivity index (χ3n) is 4.71. The van der Waals surface area contributed by atoms with Crippen molar-refractivity contribution in [1.29, 1.82) is 0 Å². The maximum absolute atomic E-state index is 13.4. The summed E-state index contributed by atoms with van der Waals surface area (Å²) in [6, 6.07) is 22.7. The summed E-state index contributed by atoms with van der Waals surface area (Å²) < 4.78 is 26.6. The Morgan fingerprint density at radius 2 is 1.59 bits per heavy atom. The van der Waals surface area contributed by atoms with Crippen LogP contribution in [-0.4, -0.2) is 15.9 Å². The van der Waals surface area contributed by atoms with Gasteiger partial charge in [-0.2, -0.15) is 0 Å². The molecule has 0 radical (unpaired) electrons. The summed E-state index contributed by atoms with van der Waals surface area (Å²) in [4.78, 5) is 21.6. The van der Waals surface area contributed by atoms with Crippen LogP contribution in [0.4, 0.5) is 14.6 Å². The van der Waals surface area contributed by atoms with Gasteiger partial charge in [0.25, 0.3) is 0 Å². The molecule has 4 rings (SSSR count). The number of carbonyl (C=O) groups is 1. The SMILES string of the molecule is O=C(Cc1ccc(F)c(F)c1)Nc1ncc(-c2ccccc2)nc1/C=C/c1ccccc1. The molecule has 0 spiro atoms. The minimum atomic E-state index is -0.992. The van der Waals surface area contributed by atoms with Gasteiger partial charge in [-0.1, -0.05) is 72.8 Å². The van der Waals surface area contributed by atoms with Gasteiger partial charge in [0.2, 0.25) is 5.91 Å². The molecule has 0 aliphatic heterocycles. The van der Waals surface area contributed by atoms with Gasteiger partial charge in [0, 0.05) is 5.56 Å². The maximum Gasteiger partial charge on any atom is 0.230 e. The Morgan fingerprint density at radius 1 is 0.875 bits per heavy atom. The van der Waals surface area contributed by atoms with Crippen molar-refractivity contribution >= 4 is 23.9 Å². The lowest BCUT2D eigenvalue weighted by Gasteiger charge is -2.10. The molecule has 0 unspecified atom stereocenters. The van der Waals surface area contributed by atoms with Crippen molar-refractivity contribution in [3.05, 3.63) is 114 Å². The highest BCUT2D eigenvalue weighted by Crippen LogP contribution is 2.21. The number of carbonyl (C=O) groups excluding carboxylic acids is 1. The second-order valence-corrected chi connectivity index (χ2v) is 7.07. The van der Waals surface area contributed by atoms with Crippen molar-refractivity contribution in [3.8, 4) is 11.3 Å². The molecular formula is C26H19F2N3O. The topological polar surface area (TPSA) is 54.9 Å². The molecule has 4 nitrogen and oxygen atoms in total. The molecule has 0 aliphatic carbocycles. The molecular weight excluding hydrogens is 408 g/mol.